The number of aryl methyl sites for hydroxylation is 1. The molecular weight excluding hydrogens is 392 g/mol. The van der Waals surface area contributed by atoms with Gasteiger partial charge >= 0.3 is 0 Å². The van der Waals surface area contributed by atoms with Gasteiger partial charge in [0.05, 0.1) is 27.0 Å². The van der Waals surface area contributed by atoms with E-state index in [0.717, 1.165) is 47.3 Å². The van der Waals surface area contributed by atoms with Gasteiger partial charge in [0.15, 0.2) is 23.2 Å². The molecule has 0 aliphatic heterocycles. The highest BCUT2D eigenvalue weighted by Crippen LogP contribution is 2.27. The van der Waals surface area contributed by atoms with E-state index < -0.39 is 0 Å². The number of nitrogens with one attached hydrogen (secondary N) is 1. The van der Waals surface area contributed by atoms with E-state index in [1.807, 2.05) is 37.4 Å². The van der Waals surface area contributed by atoms with Crippen LogP contribution in [0.15, 0.2) is 58.1 Å². The highest BCUT2D eigenvalue weighted by atomic mass is 16.5. The zero-order chi connectivity index (χ0) is 22.2. The zero-order valence-electron chi connectivity index (χ0n) is 18.8. The second-order valence-electron chi connectivity index (χ2n) is 7.25. The molecule has 0 aliphatic carbocycles. The summed E-state index contributed by atoms with van der Waals surface area (Å²) in [4.78, 5) is 10.8. The molecule has 0 bridgehead atoms. The quantitative estimate of drug-likeness (QED) is 0.438. The number of nitrogens with zero attached hydrogens (tertiary/aromatic N) is 3. The van der Waals surface area contributed by atoms with Crippen molar-refractivity contribution in [1.29, 1.82) is 0 Å². The molecule has 0 fully saturated rings. The fraction of sp³-hybridized carbons (Fsp3) is 0.333. The summed E-state index contributed by atoms with van der Waals surface area (Å²) in [5.41, 5.74) is 3.39. The molecule has 7 heteroatoms. The number of aliphatic imine (C=N–C) groups is 1. The highest BCUT2D eigenvalue weighted by Gasteiger charge is 2.11. The third-order valence-electron chi connectivity index (χ3n) is 5.04. The molecular formula is C24H30N4O3. The van der Waals surface area contributed by atoms with Crippen LogP contribution < -0.4 is 14.8 Å². The average molecular weight is 423 g/mol. The topological polar surface area (TPSA) is 72.1 Å². The number of hydrogen-bond acceptors (Lipinski definition) is 5. The summed E-state index contributed by atoms with van der Waals surface area (Å²) in [5.74, 6) is 3.61. The molecule has 0 aliphatic rings. The predicted molar refractivity (Wildman–Crippen MR) is 123 cm³/mol. The van der Waals surface area contributed by atoms with Crippen molar-refractivity contribution in [1.82, 2.24) is 15.2 Å². The number of guanidine groups is 1. The third-order valence-corrected chi connectivity index (χ3v) is 5.04. The van der Waals surface area contributed by atoms with Gasteiger partial charge in [-0.1, -0.05) is 35.9 Å². The van der Waals surface area contributed by atoms with Gasteiger partial charge in [-0.25, -0.2) is 4.98 Å². The molecule has 0 amide bonds. The number of rotatable bonds is 8. The van der Waals surface area contributed by atoms with Gasteiger partial charge in [-0.05, 0) is 31.0 Å². The number of aromatic nitrogens is 1. The lowest BCUT2D eigenvalue weighted by molar-refractivity contribution is 0.354. The predicted octanol–water partition coefficient (Wildman–Crippen LogP) is 3.92. The second kappa shape index (κ2) is 10.5. The molecule has 164 valence electrons. The standard InChI is InChI=1S/C24H30N4O3/c1-17-6-9-19(10-7-17)22-15-26-23(31-22)16-27-24(25-2)28(3)13-12-18-8-11-20(29-4)21(14-18)30-5/h6-11,14-15H,12-13,16H2,1-5H3,(H,25,27). The number of ether oxygens (including phenoxy) is 2. The molecule has 1 aromatic heterocycles. The maximum atomic E-state index is 5.89. The van der Waals surface area contributed by atoms with Crippen LogP contribution in [-0.4, -0.2) is 50.7 Å². The van der Waals surface area contributed by atoms with Gasteiger partial charge < -0.3 is 24.1 Å². The summed E-state index contributed by atoms with van der Waals surface area (Å²) in [7, 11) is 7.05. The van der Waals surface area contributed by atoms with Crippen LogP contribution in [0.5, 0.6) is 11.5 Å². The first-order valence-corrected chi connectivity index (χ1v) is 10.2. The van der Waals surface area contributed by atoms with Crippen molar-refractivity contribution in [3.8, 4) is 22.8 Å². The molecule has 1 heterocycles. The van der Waals surface area contributed by atoms with Gasteiger partial charge in [-0.2, -0.15) is 0 Å². The third kappa shape index (κ3) is 5.78. The van der Waals surface area contributed by atoms with Crippen molar-refractivity contribution in [2.24, 2.45) is 4.99 Å². The summed E-state index contributed by atoms with van der Waals surface area (Å²) >= 11 is 0. The van der Waals surface area contributed by atoms with Crippen molar-refractivity contribution < 1.29 is 13.9 Å². The van der Waals surface area contributed by atoms with E-state index in [-0.39, 0.29) is 0 Å². The molecule has 3 aromatic rings. The minimum atomic E-state index is 0.458. The van der Waals surface area contributed by atoms with Crippen molar-refractivity contribution in [2.45, 2.75) is 19.9 Å². The Hall–Kier alpha value is -3.48. The van der Waals surface area contributed by atoms with Gasteiger partial charge in [-0.15, -0.1) is 0 Å². The SMILES string of the molecule is CN=C(NCc1ncc(-c2ccc(C)cc2)o1)N(C)CCc1ccc(OC)c(OC)c1. The zero-order valence-corrected chi connectivity index (χ0v) is 18.8. The number of methoxy groups -OCH3 is 2. The normalized spacial score (nSPS) is 11.3. The molecule has 0 atom stereocenters. The maximum Gasteiger partial charge on any atom is 0.214 e. The van der Waals surface area contributed by atoms with Gasteiger partial charge in [0.2, 0.25) is 5.89 Å². The Balaban J connectivity index is 1.55. The van der Waals surface area contributed by atoms with Gasteiger partial charge in [-0.3, -0.25) is 4.99 Å². The Morgan fingerprint density at radius 1 is 1.10 bits per heavy atom. The maximum absolute atomic E-state index is 5.89. The van der Waals surface area contributed by atoms with Crippen LogP contribution >= 0.6 is 0 Å². The summed E-state index contributed by atoms with van der Waals surface area (Å²) in [5, 5.41) is 3.31. The van der Waals surface area contributed by atoms with Crippen LogP contribution in [-0.2, 0) is 13.0 Å². The minimum absolute atomic E-state index is 0.458. The number of benzene rings is 2. The Morgan fingerprint density at radius 2 is 1.84 bits per heavy atom. The van der Waals surface area contributed by atoms with Gasteiger partial charge in [0, 0.05) is 26.2 Å². The molecule has 31 heavy (non-hydrogen) atoms. The van der Waals surface area contributed by atoms with Crippen molar-refractivity contribution in [3.63, 3.8) is 0 Å². The molecule has 7 nitrogen and oxygen atoms in total. The first-order valence-electron chi connectivity index (χ1n) is 10.2. The van der Waals surface area contributed by atoms with E-state index in [9.17, 15) is 0 Å². The second-order valence-corrected chi connectivity index (χ2v) is 7.25. The van der Waals surface area contributed by atoms with Crippen LogP contribution in [0, 0.1) is 6.92 Å². The summed E-state index contributed by atoms with van der Waals surface area (Å²) in [6.45, 7) is 3.31. The Morgan fingerprint density at radius 3 is 2.52 bits per heavy atom. The molecule has 0 saturated carbocycles. The van der Waals surface area contributed by atoms with Crippen molar-refractivity contribution in [3.05, 3.63) is 65.7 Å². The van der Waals surface area contributed by atoms with Gasteiger partial charge in [0.1, 0.15) is 0 Å². The first kappa shape index (κ1) is 22.2. The lowest BCUT2D eigenvalue weighted by Gasteiger charge is -2.21. The summed E-state index contributed by atoms with van der Waals surface area (Å²) in [6, 6.07) is 14.2. The Bertz CT molecular complexity index is 1010. The largest absolute Gasteiger partial charge is 0.493 e. The summed E-state index contributed by atoms with van der Waals surface area (Å²) in [6.07, 6.45) is 2.60. The molecule has 1 N–H and O–H groups in total. The monoisotopic (exact) mass is 422 g/mol. The number of oxazole rings is 1. The average Bonchev–Trinajstić information content (AvgIpc) is 3.27. The Labute approximate surface area is 183 Å². The fourth-order valence-electron chi connectivity index (χ4n) is 3.22. The van der Waals surface area contributed by atoms with Crippen LogP contribution in [0.4, 0.5) is 0 Å². The van der Waals surface area contributed by atoms with Gasteiger partial charge in [0.25, 0.3) is 0 Å². The molecule has 3 rings (SSSR count). The molecule has 0 saturated heterocycles. The number of hydrogen-bond donors (Lipinski definition) is 1. The van der Waals surface area contributed by atoms with E-state index >= 15 is 0 Å². The highest BCUT2D eigenvalue weighted by molar-refractivity contribution is 5.79. The lowest BCUT2D eigenvalue weighted by Crippen LogP contribution is -2.39. The fourth-order valence-corrected chi connectivity index (χ4v) is 3.22. The summed E-state index contributed by atoms with van der Waals surface area (Å²) < 4.78 is 16.6. The van der Waals surface area contributed by atoms with E-state index in [1.165, 1.54) is 5.56 Å². The van der Waals surface area contributed by atoms with Crippen LogP contribution in [0.1, 0.15) is 17.0 Å². The molecule has 0 spiro atoms. The molecule has 0 radical (unpaired) electrons. The van der Waals surface area contributed by atoms with E-state index in [1.54, 1.807) is 27.5 Å². The van der Waals surface area contributed by atoms with Crippen LogP contribution in [0.2, 0.25) is 0 Å². The van der Waals surface area contributed by atoms with E-state index in [4.69, 9.17) is 13.9 Å². The van der Waals surface area contributed by atoms with Crippen molar-refractivity contribution in [2.75, 3.05) is 34.9 Å². The van der Waals surface area contributed by atoms with Crippen molar-refractivity contribution >= 4 is 5.96 Å². The van der Waals surface area contributed by atoms with E-state index in [2.05, 4.69) is 39.2 Å². The first-order chi connectivity index (χ1) is 15.0. The molecule has 0 unspecified atom stereocenters. The van der Waals surface area contributed by atoms with Crippen LogP contribution in [0.3, 0.4) is 0 Å². The minimum Gasteiger partial charge on any atom is -0.493 e. The Kier molecular flexibility index (Phi) is 7.54. The molecule has 2 aromatic carbocycles. The lowest BCUT2D eigenvalue weighted by atomic mass is 10.1. The van der Waals surface area contributed by atoms with E-state index in [0.29, 0.717) is 12.4 Å². The smallest absolute Gasteiger partial charge is 0.214 e. The number of likely N-dealkylation sites (N-methyl/N-ethyl adjacent to an activating group) is 1. The van der Waals surface area contributed by atoms with Crippen LogP contribution in [0.25, 0.3) is 11.3 Å².